The molecule has 0 bridgehead atoms. The highest BCUT2D eigenvalue weighted by Crippen LogP contribution is 2.22. The summed E-state index contributed by atoms with van der Waals surface area (Å²) >= 11 is 3.48. The minimum Gasteiger partial charge on any atom is -0.484 e. The first-order valence-corrected chi connectivity index (χ1v) is 12.2. The molecule has 172 valence electrons. The zero-order valence-electron chi connectivity index (χ0n) is 19.2. The van der Waals surface area contributed by atoms with Crippen LogP contribution in [0, 0.1) is 13.8 Å². The van der Waals surface area contributed by atoms with E-state index in [1.54, 1.807) is 11.8 Å². The van der Waals surface area contributed by atoms with Gasteiger partial charge in [0, 0.05) is 17.1 Å². The molecule has 2 aromatic rings. The third kappa shape index (κ3) is 6.83. The SMILES string of the molecule is Cc1ccc(CN(C(=O)COc2ccc(Br)c(C)c2)C(C)C(=O)NC2CCCCC2)cc1. The Bertz CT molecular complexity index is 923. The van der Waals surface area contributed by atoms with Crippen molar-refractivity contribution in [1.29, 1.82) is 0 Å². The van der Waals surface area contributed by atoms with E-state index in [1.165, 1.54) is 6.42 Å². The summed E-state index contributed by atoms with van der Waals surface area (Å²) in [7, 11) is 0. The number of ether oxygens (including phenoxy) is 1. The second-order valence-electron chi connectivity index (χ2n) is 8.73. The maximum Gasteiger partial charge on any atom is 0.261 e. The van der Waals surface area contributed by atoms with Crippen molar-refractivity contribution >= 4 is 27.7 Å². The van der Waals surface area contributed by atoms with Crippen molar-refractivity contribution < 1.29 is 14.3 Å². The summed E-state index contributed by atoms with van der Waals surface area (Å²) in [6, 6.07) is 13.3. The fourth-order valence-corrected chi connectivity index (χ4v) is 4.22. The number of hydrogen-bond acceptors (Lipinski definition) is 3. The van der Waals surface area contributed by atoms with Crippen molar-refractivity contribution in [2.24, 2.45) is 0 Å². The molecule has 1 saturated carbocycles. The van der Waals surface area contributed by atoms with E-state index in [2.05, 4.69) is 21.2 Å². The van der Waals surface area contributed by atoms with Gasteiger partial charge in [0.05, 0.1) is 0 Å². The van der Waals surface area contributed by atoms with E-state index in [4.69, 9.17) is 4.74 Å². The highest BCUT2D eigenvalue weighted by Gasteiger charge is 2.28. The van der Waals surface area contributed by atoms with Crippen LogP contribution < -0.4 is 10.1 Å². The number of carbonyl (C=O) groups excluding carboxylic acids is 2. The number of halogens is 1. The van der Waals surface area contributed by atoms with Crippen molar-refractivity contribution in [3.8, 4) is 5.75 Å². The first-order chi connectivity index (χ1) is 15.3. The summed E-state index contributed by atoms with van der Waals surface area (Å²) in [5, 5.41) is 3.16. The number of carbonyl (C=O) groups is 2. The van der Waals surface area contributed by atoms with E-state index in [0.717, 1.165) is 46.8 Å². The van der Waals surface area contributed by atoms with Crippen molar-refractivity contribution in [1.82, 2.24) is 10.2 Å². The van der Waals surface area contributed by atoms with Gasteiger partial charge in [-0.2, -0.15) is 0 Å². The molecule has 0 aliphatic heterocycles. The van der Waals surface area contributed by atoms with Gasteiger partial charge in [0.25, 0.3) is 5.91 Å². The van der Waals surface area contributed by atoms with Crippen LogP contribution in [-0.4, -0.2) is 35.4 Å². The van der Waals surface area contributed by atoms with Gasteiger partial charge in [-0.25, -0.2) is 0 Å². The Morgan fingerprint density at radius 3 is 2.44 bits per heavy atom. The van der Waals surface area contributed by atoms with Crippen LogP contribution in [0.5, 0.6) is 5.75 Å². The average molecular weight is 501 g/mol. The first-order valence-electron chi connectivity index (χ1n) is 11.4. The summed E-state index contributed by atoms with van der Waals surface area (Å²) < 4.78 is 6.77. The zero-order chi connectivity index (χ0) is 23.1. The molecular formula is C26H33BrN2O3. The maximum atomic E-state index is 13.2. The Hall–Kier alpha value is -2.34. The van der Waals surface area contributed by atoms with Crippen LogP contribution in [0.2, 0.25) is 0 Å². The average Bonchev–Trinajstić information content (AvgIpc) is 2.79. The number of rotatable bonds is 8. The molecule has 1 aliphatic rings. The van der Waals surface area contributed by atoms with Gasteiger partial charge in [-0.3, -0.25) is 9.59 Å². The smallest absolute Gasteiger partial charge is 0.261 e. The van der Waals surface area contributed by atoms with Crippen LogP contribution in [-0.2, 0) is 16.1 Å². The number of hydrogen-bond donors (Lipinski definition) is 1. The third-order valence-electron chi connectivity index (χ3n) is 6.08. The van der Waals surface area contributed by atoms with Crippen molar-refractivity contribution in [3.05, 3.63) is 63.6 Å². The highest BCUT2D eigenvalue weighted by molar-refractivity contribution is 9.10. The molecule has 6 heteroatoms. The molecule has 2 amide bonds. The number of aryl methyl sites for hydroxylation is 2. The molecule has 1 fully saturated rings. The molecule has 1 atom stereocenters. The molecule has 3 rings (SSSR count). The first kappa shape index (κ1) is 24.3. The van der Waals surface area contributed by atoms with E-state index in [9.17, 15) is 9.59 Å². The van der Waals surface area contributed by atoms with Crippen LogP contribution >= 0.6 is 15.9 Å². The minimum atomic E-state index is -0.582. The number of amides is 2. The molecule has 1 N–H and O–H groups in total. The van der Waals surface area contributed by atoms with Crippen LogP contribution in [0.15, 0.2) is 46.9 Å². The fraction of sp³-hybridized carbons (Fsp3) is 0.462. The van der Waals surface area contributed by atoms with E-state index >= 15 is 0 Å². The predicted molar refractivity (Wildman–Crippen MR) is 131 cm³/mol. The molecule has 32 heavy (non-hydrogen) atoms. The molecule has 5 nitrogen and oxygen atoms in total. The maximum absolute atomic E-state index is 13.2. The van der Waals surface area contributed by atoms with Gasteiger partial charge in [-0.1, -0.05) is 65.0 Å². The Labute approximate surface area is 199 Å². The second-order valence-corrected chi connectivity index (χ2v) is 9.58. The van der Waals surface area contributed by atoms with Gasteiger partial charge >= 0.3 is 0 Å². The monoisotopic (exact) mass is 500 g/mol. The summed E-state index contributed by atoms with van der Waals surface area (Å²) in [5.41, 5.74) is 3.18. The summed E-state index contributed by atoms with van der Waals surface area (Å²) in [4.78, 5) is 27.8. The van der Waals surface area contributed by atoms with E-state index in [1.807, 2.05) is 56.3 Å². The molecule has 0 saturated heterocycles. The van der Waals surface area contributed by atoms with Crippen molar-refractivity contribution in [2.75, 3.05) is 6.61 Å². The lowest BCUT2D eigenvalue weighted by Crippen LogP contribution is -2.51. The topological polar surface area (TPSA) is 58.6 Å². The molecule has 0 spiro atoms. The minimum absolute atomic E-state index is 0.100. The Morgan fingerprint density at radius 1 is 1.09 bits per heavy atom. The lowest BCUT2D eigenvalue weighted by Gasteiger charge is -2.31. The Morgan fingerprint density at radius 2 is 1.78 bits per heavy atom. The second kappa shape index (κ2) is 11.5. The summed E-state index contributed by atoms with van der Waals surface area (Å²) in [6.07, 6.45) is 5.54. The quantitative estimate of drug-likeness (QED) is 0.534. The zero-order valence-corrected chi connectivity index (χ0v) is 20.8. The van der Waals surface area contributed by atoms with E-state index in [-0.39, 0.29) is 24.5 Å². The van der Waals surface area contributed by atoms with E-state index < -0.39 is 6.04 Å². The van der Waals surface area contributed by atoms with Gasteiger partial charge in [0.1, 0.15) is 11.8 Å². The summed E-state index contributed by atoms with van der Waals surface area (Å²) in [6.45, 7) is 6.05. The lowest BCUT2D eigenvalue weighted by atomic mass is 9.95. The van der Waals surface area contributed by atoms with Gasteiger partial charge in [-0.05, 0) is 62.9 Å². The Balaban J connectivity index is 1.70. The van der Waals surface area contributed by atoms with Crippen molar-refractivity contribution in [3.63, 3.8) is 0 Å². The molecule has 1 aliphatic carbocycles. The molecule has 2 aromatic carbocycles. The summed E-state index contributed by atoms with van der Waals surface area (Å²) in [5.74, 6) is 0.322. The number of nitrogens with one attached hydrogen (secondary N) is 1. The number of benzene rings is 2. The van der Waals surface area contributed by atoms with Gasteiger partial charge in [0.2, 0.25) is 5.91 Å². The fourth-order valence-electron chi connectivity index (χ4n) is 3.98. The normalized spacial score (nSPS) is 15.1. The molecule has 0 aromatic heterocycles. The van der Waals surface area contributed by atoms with E-state index in [0.29, 0.717) is 12.3 Å². The van der Waals surface area contributed by atoms with Crippen LogP contribution in [0.25, 0.3) is 0 Å². The van der Waals surface area contributed by atoms with Crippen LogP contribution in [0.3, 0.4) is 0 Å². The molecule has 1 unspecified atom stereocenters. The van der Waals surface area contributed by atoms with Gasteiger partial charge < -0.3 is 15.0 Å². The molecular weight excluding hydrogens is 468 g/mol. The number of nitrogens with zero attached hydrogens (tertiary/aromatic N) is 1. The Kier molecular flexibility index (Phi) is 8.74. The van der Waals surface area contributed by atoms with Gasteiger partial charge in [0.15, 0.2) is 6.61 Å². The van der Waals surface area contributed by atoms with Crippen molar-refractivity contribution in [2.45, 2.75) is 71.5 Å². The van der Waals surface area contributed by atoms with Gasteiger partial charge in [-0.15, -0.1) is 0 Å². The molecule has 0 radical (unpaired) electrons. The lowest BCUT2D eigenvalue weighted by molar-refractivity contribution is -0.142. The predicted octanol–water partition coefficient (Wildman–Crippen LogP) is 5.31. The largest absolute Gasteiger partial charge is 0.484 e. The third-order valence-corrected chi connectivity index (χ3v) is 6.97. The standard InChI is InChI=1S/C26H33BrN2O3/c1-18-9-11-21(12-10-18)16-29(20(3)26(31)28-22-7-5-4-6-8-22)25(30)17-32-23-13-14-24(27)19(2)15-23/h9-15,20,22H,4-8,16-17H2,1-3H3,(H,28,31). The highest BCUT2D eigenvalue weighted by atomic mass is 79.9. The van der Waals surface area contributed by atoms with Crippen LogP contribution in [0.1, 0.15) is 55.7 Å². The molecule has 0 heterocycles. The van der Waals surface area contributed by atoms with Crippen LogP contribution in [0.4, 0.5) is 0 Å².